The number of nitrogens with one attached hydrogen (secondary N) is 1. The highest BCUT2D eigenvalue weighted by atomic mass is 79.9. The van der Waals surface area contributed by atoms with Gasteiger partial charge in [-0.05, 0) is 36.2 Å². The molecule has 1 amide bonds. The van der Waals surface area contributed by atoms with Gasteiger partial charge in [-0.15, -0.1) is 0 Å². The SMILES string of the molecule is COCc1cc(C)nc2c1C(=O)N[C@H](c1cc3c(cc1Br)OCO3)N2Cc1ccccc1. The lowest BCUT2D eigenvalue weighted by molar-refractivity contribution is 0.0919. The summed E-state index contributed by atoms with van der Waals surface area (Å²) < 4.78 is 17.3. The molecule has 0 saturated heterocycles. The van der Waals surface area contributed by atoms with E-state index in [2.05, 4.69) is 38.3 Å². The summed E-state index contributed by atoms with van der Waals surface area (Å²) in [7, 11) is 1.62. The first kappa shape index (κ1) is 20.8. The molecule has 2 aromatic carbocycles. The maximum absolute atomic E-state index is 13.3. The molecular formula is C24H22BrN3O4. The highest BCUT2D eigenvalue weighted by Crippen LogP contribution is 2.43. The summed E-state index contributed by atoms with van der Waals surface area (Å²) in [6, 6.07) is 15.8. The monoisotopic (exact) mass is 495 g/mol. The molecule has 0 spiro atoms. The van der Waals surface area contributed by atoms with E-state index >= 15 is 0 Å². The number of carbonyl (C=O) groups excluding carboxylic acids is 1. The highest BCUT2D eigenvalue weighted by molar-refractivity contribution is 9.10. The minimum absolute atomic E-state index is 0.180. The number of fused-ring (bicyclic) bond motifs is 2. The molecule has 0 aliphatic carbocycles. The van der Waals surface area contributed by atoms with Gasteiger partial charge in [0.2, 0.25) is 6.79 Å². The van der Waals surface area contributed by atoms with Crippen molar-refractivity contribution in [2.24, 2.45) is 0 Å². The predicted octanol–water partition coefficient (Wildman–Crippen LogP) is 4.48. The number of rotatable bonds is 5. The predicted molar refractivity (Wildman–Crippen MR) is 123 cm³/mol. The number of halogens is 1. The Hall–Kier alpha value is -3.10. The van der Waals surface area contributed by atoms with Crippen LogP contribution in [0.3, 0.4) is 0 Å². The number of nitrogens with zero attached hydrogens (tertiary/aromatic N) is 2. The molecule has 7 nitrogen and oxygen atoms in total. The van der Waals surface area contributed by atoms with Crippen molar-refractivity contribution in [2.75, 3.05) is 18.8 Å². The van der Waals surface area contributed by atoms with E-state index in [1.54, 1.807) is 7.11 Å². The van der Waals surface area contributed by atoms with Gasteiger partial charge in [-0.2, -0.15) is 0 Å². The molecule has 0 radical (unpaired) electrons. The third kappa shape index (κ3) is 3.69. The van der Waals surface area contributed by atoms with E-state index in [-0.39, 0.29) is 12.7 Å². The van der Waals surface area contributed by atoms with Crippen molar-refractivity contribution in [3.63, 3.8) is 0 Å². The van der Waals surface area contributed by atoms with Gasteiger partial charge < -0.3 is 24.4 Å². The number of aryl methyl sites for hydroxylation is 1. The molecule has 2 aliphatic heterocycles. The van der Waals surface area contributed by atoms with Gasteiger partial charge in [0.25, 0.3) is 5.91 Å². The third-order valence-electron chi connectivity index (χ3n) is 5.57. The van der Waals surface area contributed by atoms with E-state index in [1.807, 2.05) is 43.3 Å². The molecule has 0 bridgehead atoms. The number of aromatic nitrogens is 1. The summed E-state index contributed by atoms with van der Waals surface area (Å²) in [6.45, 7) is 3.00. The van der Waals surface area contributed by atoms with Crippen LogP contribution in [0.15, 0.2) is 53.0 Å². The number of ether oxygens (including phenoxy) is 3. The summed E-state index contributed by atoms with van der Waals surface area (Å²) >= 11 is 3.66. The molecule has 0 unspecified atom stereocenters. The molecule has 0 saturated carbocycles. The Morgan fingerprint density at radius 2 is 1.94 bits per heavy atom. The van der Waals surface area contributed by atoms with Gasteiger partial charge >= 0.3 is 0 Å². The second-order valence-electron chi connectivity index (χ2n) is 7.77. The van der Waals surface area contributed by atoms with Crippen LogP contribution in [0.1, 0.15) is 38.9 Å². The number of hydrogen-bond donors (Lipinski definition) is 1. The molecule has 3 heterocycles. The highest BCUT2D eigenvalue weighted by Gasteiger charge is 2.37. The van der Waals surface area contributed by atoms with Crippen LogP contribution in [0.4, 0.5) is 5.82 Å². The number of anilines is 1. The molecule has 0 fully saturated rings. The Kier molecular flexibility index (Phi) is 5.48. The van der Waals surface area contributed by atoms with Gasteiger partial charge in [0.15, 0.2) is 11.5 Å². The maximum atomic E-state index is 13.3. The summed E-state index contributed by atoms with van der Waals surface area (Å²) in [6.07, 6.45) is -0.455. The van der Waals surface area contributed by atoms with Crippen LogP contribution in [0.5, 0.6) is 11.5 Å². The Bertz CT molecular complexity index is 1190. The summed E-state index contributed by atoms with van der Waals surface area (Å²) in [4.78, 5) is 20.2. The van der Waals surface area contributed by atoms with Gasteiger partial charge in [0.1, 0.15) is 12.0 Å². The van der Waals surface area contributed by atoms with Crippen LogP contribution in [-0.4, -0.2) is 24.8 Å². The zero-order valence-corrected chi connectivity index (χ0v) is 19.3. The molecule has 1 atom stereocenters. The summed E-state index contributed by atoms with van der Waals surface area (Å²) in [5.41, 5.74) is 4.15. The summed E-state index contributed by atoms with van der Waals surface area (Å²) in [5.74, 6) is 1.78. The molecule has 3 aromatic rings. The van der Waals surface area contributed by atoms with Crippen LogP contribution in [-0.2, 0) is 17.9 Å². The fourth-order valence-corrected chi connectivity index (χ4v) is 4.72. The number of methoxy groups -OCH3 is 1. The molecule has 5 rings (SSSR count). The molecule has 2 aliphatic rings. The Balaban J connectivity index is 1.67. The lowest BCUT2D eigenvalue weighted by Gasteiger charge is -2.39. The van der Waals surface area contributed by atoms with E-state index in [0.29, 0.717) is 36.0 Å². The number of benzene rings is 2. The number of amides is 1. The van der Waals surface area contributed by atoms with Gasteiger partial charge in [0.05, 0.1) is 12.2 Å². The van der Waals surface area contributed by atoms with Crippen LogP contribution in [0.25, 0.3) is 0 Å². The minimum atomic E-state index is -0.455. The van der Waals surface area contributed by atoms with Crippen molar-refractivity contribution in [1.29, 1.82) is 0 Å². The molecule has 8 heteroatoms. The lowest BCUT2D eigenvalue weighted by atomic mass is 10.0. The van der Waals surface area contributed by atoms with Crippen LogP contribution < -0.4 is 19.7 Å². The standard InChI is InChI=1S/C24H22BrN3O4/c1-14-8-16(12-30-2)21-23(26-14)28(11-15-6-4-3-5-7-15)22(27-24(21)29)17-9-19-20(10-18(17)25)32-13-31-19/h3-10,22H,11-13H2,1-2H3,(H,27,29)/t22-/m0/s1. The second kappa shape index (κ2) is 8.44. The number of pyridine rings is 1. The van der Waals surface area contributed by atoms with E-state index in [1.165, 1.54) is 0 Å². The van der Waals surface area contributed by atoms with E-state index in [4.69, 9.17) is 19.2 Å². The summed E-state index contributed by atoms with van der Waals surface area (Å²) in [5, 5.41) is 3.17. The Labute approximate surface area is 194 Å². The number of hydrogen-bond acceptors (Lipinski definition) is 6. The normalized spacial score (nSPS) is 16.7. The molecule has 1 aromatic heterocycles. The second-order valence-corrected chi connectivity index (χ2v) is 8.63. The molecular weight excluding hydrogens is 474 g/mol. The Morgan fingerprint density at radius 3 is 2.69 bits per heavy atom. The van der Waals surface area contributed by atoms with Crippen molar-refractivity contribution >= 4 is 27.7 Å². The van der Waals surface area contributed by atoms with Gasteiger partial charge in [-0.1, -0.05) is 46.3 Å². The zero-order valence-electron chi connectivity index (χ0n) is 17.7. The van der Waals surface area contributed by atoms with E-state index < -0.39 is 6.17 Å². The fraction of sp³-hybridized carbons (Fsp3) is 0.250. The fourth-order valence-electron chi connectivity index (χ4n) is 4.18. The maximum Gasteiger partial charge on any atom is 0.257 e. The number of carbonyl (C=O) groups is 1. The van der Waals surface area contributed by atoms with Gasteiger partial charge in [-0.3, -0.25) is 4.79 Å². The zero-order chi connectivity index (χ0) is 22.2. The van der Waals surface area contributed by atoms with Crippen molar-refractivity contribution in [2.45, 2.75) is 26.2 Å². The average molecular weight is 496 g/mol. The quantitative estimate of drug-likeness (QED) is 0.562. The lowest BCUT2D eigenvalue weighted by Crippen LogP contribution is -2.47. The first-order chi connectivity index (χ1) is 15.5. The average Bonchev–Trinajstić information content (AvgIpc) is 3.23. The first-order valence-electron chi connectivity index (χ1n) is 10.2. The Morgan fingerprint density at radius 1 is 1.19 bits per heavy atom. The van der Waals surface area contributed by atoms with Gasteiger partial charge in [-0.25, -0.2) is 4.98 Å². The van der Waals surface area contributed by atoms with Crippen molar-refractivity contribution < 1.29 is 19.0 Å². The smallest absolute Gasteiger partial charge is 0.257 e. The van der Waals surface area contributed by atoms with E-state index in [0.717, 1.165) is 26.9 Å². The topological polar surface area (TPSA) is 72.9 Å². The van der Waals surface area contributed by atoms with Crippen LogP contribution >= 0.6 is 15.9 Å². The molecule has 32 heavy (non-hydrogen) atoms. The first-order valence-corrected chi connectivity index (χ1v) is 11.0. The van der Waals surface area contributed by atoms with Crippen molar-refractivity contribution in [1.82, 2.24) is 10.3 Å². The van der Waals surface area contributed by atoms with Crippen LogP contribution in [0.2, 0.25) is 0 Å². The third-order valence-corrected chi connectivity index (χ3v) is 6.26. The minimum Gasteiger partial charge on any atom is -0.454 e. The van der Waals surface area contributed by atoms with Crippen molar-refractivity contribution in [3.05, 3.63) is 81.0 Å². The molecule has 164 valence electrons. The molecule has 1 N–H and O–H groups in total. The van der Waals surface area contributed by atoms with Gasteiger partial charge in [0, 0.05) is 29.4 Å². The van der Waals surface area contributed by atoms with Crippen LogP contribution in [0, 0.1) is 6.92 Å². The van der Waals surface area contributed by atoms with Crippen molar-refractivity contribution in [3.8, 4) is 11.5 Å². The largest absolute Gasteiger partial charge is 0.454 e. The van der Waals surface area contributed by atoms with E-state index in [9.17, 15) is 4.79 Å².